The van der Waals surface area contributed by atoms with Crippen molar-refractivity contribution in [2.45, 2.75) is 49.8 Å². The Kier molecular flexibility index (Phi) is 3.20. The van der Waals surface area contributed by atoms with Gasteiger partial charge in [0.05, 0.1) is 5.60 Å². The Morgan fingerprint density at radius 3 is 2.67 bits per heavy atom. The zero-order chi connectivity index (χ0) is 12.8. The molecule has 2 aliphatic rings. The highest BCUT2D eigenvalue weighted by atomic mass is 79.9. The van der Waals surface area contributed by atoms with Crippen molar-refractivity contribution in [2.75, 3.05) is 0 Å². The largest absolute Gasteiger partial charge is 0.389 e. The van der Waals surface area contributed by atoms with E-state index in [1.54, 1.807) is 12.1 Å². The maximum Gasteiger partial charge on any atom is 0.126 e. The number of fused-ring (bicyclic) bond motifs is 2. The van der Waals surface area contributed by atoms with Gasteiger partial charge in [-0.25, -0.2) is 4.39 Å². The monoisotopic (exact) mass is 313 g/mol. The third-order valence-corrected chi connectivity index (χ3v) is 4.61. The van der Waals surface area contributed by atoms with Crippen LogP contribution >= 0.6 is 15.9 Å². The van der Waals surface area contributed by atoms with Crippen LogP contribution in [0.4, 0.5) is 4.39 Å². The highest BCUT2D eigenvalue weighted by Crippen LogP contribution is 2.36. The van der Waals surface area contributed by atoms with Crippen molar-refractivity contribution in [2.24, 2.45) is 0 Å². The fourth-order valence-electron chi connectivity index (χ4n) is 3.40. The van der Waals surface area contributed by atoms with E-state index in [-0.39, 0.29) is 5.82 Å². The molecule has 4 heteroatoms. The molecular formula is C14H17BrFNO. The van der Waals surface area contributed by atoms with E-state index >= 15 is 0 Å². The molecule has 3 rings (SSSR count). The van der Waals surface area contributed by atoms with E-state index in [1.807, 2.05) is 0 Å². The molecule has 98 valence electrons. The summed E-state index contributed by atoms with van der Waals surface area (Å²) in [4.78, 5) is 0. The van der Waals surface area contributed by atoms with Gasteiger partial charge in [-0.3, -0.25) is 0 Å². The van der Waals surface area contributed by atoms with E-state index in [1.165, 1.54) is 6.07 Å². The molecule has 2 nitrogen and oxygen atoms in total. The summed E-state index contributed by atoms with van der Waals surface area (Å²) < 4.78 is 14.6. The summed E-state index contributed by atoms with van der Waals surface area (Å²) in [7, 11) is 0. The van der Waals surface area contributed by atoms with Crippen LogP contribution in [0.5, 0.6) is 0 Å². The quantitative estimate of drug-likeness (QED) is 0.880. The molecule has 0 amide bonds. The molecule has 2 saturated heterocycles. The zero-order valence-electron chi connectivity index (χ0n) is 10.1. The van der Waals surface area contributed by atoms with Crippen LogP contribution in [0.15, 0.2) is 22.7 Å². The average molecular weight is 314 g/mol. The van der Waals surface area contributed by atoms with E-state index in [4.69, 9.17) is 0 Å². The van der Waals surface area contributed by atoms with Gasteiger partial charge in [0.2, 0.25) is 0 Å². The Morgan fingerprint density at radius 1 is 1.33 bits per heavy atom. The third kappa shape index (κ3) is 2.46. The van der Waals surface area contributed by atoms with Crippen molar-refractivity contribution in [3.05, 3.63) is 34.1 Å². The number of hydrogen-bond donors (Lipinski definition) is 2. The van der Waals surface area contributed by atoms with Gasteiger partial charge >= 0.3 is 0 Å². The predicted octanol–water partition coefficient (Wildman–Crippen LogP) is 2.78. The Labute approximate surface area is 115 Å². The van der Waals surface area contributed by atoms with E-state index in [9.17, 15) is 9.50 Å². The molecule has 0 spiro atoms. The van der Waals surface area contributed by atoms with Crippen molar-refractivity contribution in [1.29, 1.82) is 0 Å². The normalized spacial score (nSPS) is 34.8. The van der Waals surface area contributed by atoms with Crippen LogP contribution < -0.4 is 5.32 Å². The van der Waals surface area contributed by atoms with Crippen molar-refractivity contribution < 1.29 is 9.50 Å². The van der Waals surface area contributed by atoms with E-state index in [0.29, 0.717) is 24.1 Å². The van der Waals surface area contributed by atoms with Gasteiger partial charge in [-0.05, 0) is 49.4 Å². The third-order valence-electron chi connectivity index (χ3n) is 4.11. The molecule has 2 bridgehead atoms. The Hall–Kier alpha value is -0.450. The summed E-state index contributed by atoms with van der Waals surface area (Å²) in [6, 6.07) is 5.73. The van der Waals surface area contributed by atoms with Gasteiger partial charge in [-0.1, -0.05) is 15.9 Å². The summed E-state index contributed by atoms with van der Waals surface area (Å²) in [6.45, 7) is 0. The summed E-state index contributed by atoms with van der Waals surface area (Å²) in [5.41, 5.74) is -0.146. The molecule has 2 N–H and O–H groups in total. The van der Waals surface area contributed by atoms with Gasteiger partial charge in [0, 0.05) is 23.0 Å². The average Bonchev–Trinajstić information content (AvgIpc) is 2.64. The molecule has 18 heavy (non-hydrogen) atoms. The first kappa shape index (κ1) is 12.6. The van der Waals surface area contributed by atoms with Crippen LogP contribution in [-0.4, -0.2) is 22.8 Å². The van der Waals surface area contributed by atoms with Crippen LogP contribution in [0.1, 0.15) is 31.2 Å². The van der Waals surface area contributed by atoms with Gasteiger partial charge < -0.3 is 10.4 Å². The van der Waals surface area contributed by atoms with Crippen molar-refractivity contribution in [1.82, 2.24) is 5.32 Å². The number of nitrogens with one attached hydrogen (secondary N) is 1. The van der Waals surface area contributed by atoms with Crippen molar-refractivity contribution >= 4 is 15.9 Å². The van der Waals surface area contributed by atoms with Gasteiger partial charge in [-0.2, -0.15) is 0 Å². The lowest BCUT2D eigenvalue weighted by Crippen LogP contribution is -2.49. The molecule has 2 unspecified atom stereocenters. The van der Waals surface area contributed by atoms with E-state index < -0.39 is 5.60 Å². The molecular weight excluding hydrogens is 297 g/mol. The molecule has 0 aromatic heterocycles. The van der Waals surface area contributed by atoms with Crippen molar-refractivity contribution in [3.8, 4) is 0 Å². The summed E-state index contributed by atoms with van der Waals surface area (Å²) in [5.74, 6) is -0.225. The molecule has 1 aromatic carbocycles. The molecule has 0 radical (unpaired) electrons. The number of benzene rings is 1. The fraction of sp³-hybridized carbons (Fsp3) is 0.571. The lowest BCUT2D eigenvalue weighted by Gasteiger charge is -2.37. The van der Waals surface area contributed by atoms with Crippen LogP contribution in [-0.2, 0) is 6.42 Å². The van der Waals surface area contributed by atoms with Crippen LogP contribution in [0, 0.1) is 5.82 Å². The smallest absolute Gasteiger partial charge is 0.126 e. The van der Waals surface area contributed by atoms with Gasteiger partial charge in [0.15, 0.2) is 0 Å². The van der Waals surface area contributed by atoms with Gasteiger partial charge in [0.25, 0.3) is 0 Å². The molecule has 0 saturated carbocycles. The second kappa shape index (κ2) is 4.58. The SMILES string of the molecule is OC1(Cc2cc(Br)ccc2F)CC2CCC(C1)N2. The topological polar surface area (TPSA) is 32.3 Å². The molecule has 1 aromatic rings. The van der Waals surface area contributed by atoms with E-state index in [2.05, 4.69) is 21.2 Å². The second-order valence-electron chi connectivity index (χ2n) is 5.68. The van der Waals surface area contributed by atoms with Gasteiger partial charge in [0.1, 0.15) is 5.82 Å². The number of aliphatic hydroxyl groups is 1. The molecule has 2 fully saturated rings. The highest BCUT2D eigenvalue weighted by Gasteiger charge is 2.42. The second-order valence-corrected chi connectivity index (χ2v) is 6.60. The summed E-state index contributed by atoms with van der Waals surface area (Å²) in [5, 5.41) is 14.2. The molecule has 0 aliphatic carbocycles. The van der Waals surface area contributed by atoms with E-state index in [0.717, 1.165) is 30.2 Å². The number of piperidine rings is 1. The fourth-order valence-corrected chi connectivity index (χ4v) is 3.81. The first-order valence-corrected chi connectivity index (χ1v) is 7.26. The maximum absolute atomic E-state index is 13.8. The first-order chi connectivity index (χ1) is 8.54. The Balaban J connectivity index is 1.81. The summed E-state index contributed by atoms with van der Waals surface area (Å²) in [6.07, 6.45) is 4.14. The molecule has 2 atom stereocenters. The van der Waals surface area contributed by atoms with Crippen LogP contribution in [0.2, 0.25) is 0 Å². The van der Waals surface area contributed by atoms with Crippen LogP contribution in [0.25, 0.3) is 0 Å². The Morgan fingerprint density at radius 2 is 2.00 bits per heavy atom. The standard InChI is InChI=1S/C14H17BrFNO/c15-10-1-4-13(16)9(5-10)6-14(18)7-11-2-3-12(8-14)17-11/h1,4-5,11-12,17-18H,2-3,6-8H2. The van der Waals surface area contributed by atoms with Crippen molar-refractivity contribution in [3.63, 3.8) is 0 Å². The highest BCUT2D eigenvalue weighted by molar-refractivity contribution is 9.10. The molecule has 2 heterocycles. The lowest BCUT2D eigenvalue weighted by molar-refractivity contribution is -0.00674. The van der Waals surface area contributed by atoms with Gasteiger partial charge in [-0.15, -0.1) is 0 Å². The zero-order valence-corrected chi connectivity index (χ0v) is 11.7. The first-order valence-electron chi connectivity index (χ1n) is 6.46. The number of rotatable bonds is 2. The maximum atomic E-state index is 13.8. The Bertz CT molecular complexity index is 453. The number of halogens is 2. The summed E-state index contributed by atoms with van der Waals surface area (Å²) >= 11 is 3.35. The minimum absolute atomic E-state index is 0.225. The lowest BCUT2D eigenvalue weighted by atomic mass is 9.82. The molecule has 2 aliphatic heterocycles. The minimum atomic E-state index is -0.751. The van der Waals surface area contributed by atoms with Crippen LogP contribution in [0.3, 0.4) is 0 Å². The number of hydrogen-bond acceptors (Lipinski definition) is 2. The predicted molar refractivity (Wildman–Crippen MR) is 71.9 cm³/mol. The minimum Gasteiger partial charge on any atom is -0.389 e.